The topological polar surface area (TPSA) is 58.4 Å². The minimum atomic E-state index is 0.0425. The van der Waals surface area contributed by atoms with Gasteiger partial charge in [0.1, 0.15) is 0 Å². The monoisotopic (exact) mass is 257 g/mol. The Hall–Kier alpha value is -2.14. The Morgan fingerprint density at radius 2 is 2.16 bits per heavy atom. The van der Waals surface area contributed by atoms with Crippen molar-refractivity contribution in [3.8, 4) is 5.69 Å². The predicted octanol–water partition coefficient (Wildman–Crippen LogP) is 1.22. The summed E-state index contributed by atoms with van der Waals surface area (Å²) in [6.07, 6.45) is 4.00. The van der Waals surface area contributed by atoms with Crippen molar-refractivity contribution in [3.63, 3.8) is 0 Å². The zero-order valence-corrected chi connectivity index (χ0v) is 10.4. The van der Waals surface area contributed by atoms with Gasteiger partial charge in [0.15, 0.2) is 0 Å². The van der Waals surface area contributed by atoms with Crippen LogP contribution >= 0.6 is 0 Å². The Morgan fingerprint density at radius 1 is 1.32 bits per heavy atom. The van der Waals surface area contributed by atoms with Crippen molar-refractivity contribution >= 4 is 11.6 Å². The van der Waals surface area contributed by atoms with Crippen LogP contribution in [0.25, 0.3) is 5.69 Å². The van der Waals surface area contributed by atoms with Crippen molar-refractivity contribution in [2.45, 2.75) is 6.42 Å². The molecule has 19 heavy (non-hydrogen) atoms. The molecule has 1 saturated heterocycles. The third-order valence-electron chi connectivity index (χ3n) is 3.37. The van der Waals surface area contributed by atoms with Crippen LogP contribution in [0.5, 0.6) is 0 Å². The van der Waals surface area contributed by atoms with E-state index in [2.05, 4.69) is 5.10 Å². The molecule has 1 atom stereocenters. The van der Waals surface area contributed by atoms with Gasteiger partial charge in [0.05, 0.1) is 5.69 Å². The summed E-state index contributed by atoms with van der Waals surface area (Å²) >= 11 is 0. The molecule has 98 valence electrons. The van der Waals surface area contributed by atoms with Gasteiger partial charge in [-0.25, -0.2) is 4.68 Å². The molecule has 3 rings (SSSR count). The summed E-state index contributed by atoms with van der Waals surface area (Å²) < 4.78 is 1.76. The summed E-state index contributed by atoms with van der Waals surface area (Å²) in [5, 5.41) is 13.3. The van der Waals surface area contributed by atoms with Crippen LogP contribution in [0.15, 0.2) is 42.7 Å². The molecule has 5 heteroatoms. The van der Waals surface area contributed by atoms with E-state index in [9.17, 15) is 4.79 Å². The maximum absolute atomic E-state index is 11.9. The van der Waals surface area contributed by atoms with Gasteiger partial charge in [0, 0.05) is 43.6 Å². The van der Waals surface area contributed by atoms with E-state index in [0.29, 0.717) is 13.0 Å². The average Bonchev–Trinajstić information content (AvgIpc) is 3.08. The molecule has 0 radical (unpaired) electrons. The first-order valence-corrected chi connectivity index (χ1v) is 6.29. The van der Waals surface area contributed by atoms with Crippen LogP contribution in [-0.2, 0) is 4.79 Å². The van der Waals surface area contributed by atoms with Crippen molar-refractivity contribution in [2.75, 3.05) is 18.1 Å². The molecule has 1 N–H and O–H groups in total. The molecule has 1 aliphatic heterocycles. The van der Waals surface area contributed by atoms with E-state index in [1.54, 1.807) is 15.8 Å². The lowest BCUT2D eigenvalue weighted by atomic mass is 10.1. The number of aliphatic hydroxyl groups is 1. The van der Waals surface area contributed by atoms with Crippen LogP contribution in [0.4, 0.5) is 5.69 Å². The second kappa shape index (κ2) is 4.85. The van der Waals surface area contributed by atoms with E-state index >= 15 is 0 Å². The van der Waals surface area contributed by atoms with E-state index in [1.807, 2.05) is 36.5 Å². The molecule has 1 aromatic heterocycles. The number of carbonyl (C=O) groups excluding carboxylic acids is 1. The smallest absolute Gasteiger partial charge is 0.227 e. The highest BCUT2D eigenvalue weighted by Crippen LogP contribution is 2.26. The summed E-state index contributed by atoms with van der Waals surface area (Å²) in [4.78, 5) is 13.7. The van der Waals surface area contributed by atoms with Gasteiger partial charge in [-0.1, -0.05) is 6.07 Å². The number of carbonyl (C=O) groups is 1. The highest BCUT2D eigenvalue weighted by Gasteiger charge is 2.30. The summed E-state index contributed by atoms with van der Waals surface area (Å²) in [7, 11) is 0. The number of aromatic nitrogens is 2. The fourth-order valence-electron chi connectivity index (χ4n) is 2.38. The lowest BCUT2D eigenvalue weighted by Crippen LogP contribution is -2.24. The molecular weight excluding hydrogens is 242 g/mol. The van der Waals surface area contributed by atoms with Gasteiger partial charge in [0.2, 0.25) is 5.91 Å². The molecule has 1 aromatic carbocycles. The first-order valence-electron chi connectivity index (χ1n) is 6.29. The zero-order valence-electron chi connectivity index (χ0n) is 10.4. The van der Waals surface area contributed by atoms with Gasteiger partial charge in [0.25, 0.3) is 0 Å². The third-order valence-corrected chi connectivity index (χ3v) is 3.37. The number of hydrogen-bond donors (Lipinski definition) is 1. The first-order chi connectivity index (χ1) is 9.28. The molecule has 0 saturated carbocycles. The lowest BCUT2D eigenvalue weighted by molar-refractivity contribution is -0.117. The van der Waals surface area contributed by atoms with Gasteiger partial charge in [-0.3, -0.25) is 4.79 Å². The van der Waals surface area contributed by atoms with E-state index in [0.717, 1.165) is 11.4 Å². The van der Waals surface area contributed by atoms with Crippen molar-refractivity contribution in [2.24, 2.45) is 5.92 Å². The van der Waals surface area contributed by atoms with Crippen molar-refractivity contribution in [1.29, 1.82) is 0 Å². The van der Waals surface area contributed by atoms with Gasteiger partial charge in [-0.05, 0) is 24.3 Å². The number of aliphatic hydroxyl groups excluding tert-OH is 1. The van der Waals surface area contributed by atoms with Crippen LogP contribution < -0.4 is 4.90 Å². The van der Waals surface area contributed by atoms with Gasteiger partial charge < -0.3 is 10.0 Å². The maximum atomic E-state index is 11.9. The van der Waals surface area contributed by atoms with Crippen LogP contribution in [0.2, 0.25) is 0 Å². The molecule has 1 unspecified atom stereocenters. The van der Waals surface area contributed by atoms with Crippen molar-refractivity contribution < 1.29 is 9.90 Å². The number of benzene rings is 1. The van der Waals surface area contributed by atoms with Crippen LogP contribution in [-0.4, -0.2) is 33.9 Å². The quantitative estimate of drug-likeness (QED) is 0.899. The van der Waals surface area contributed by atoms with Crippen molar-refractivity contribution in [1.82, 2.24) is 9.78 Å². The Morgan fingerprint density at radius 3 is 2.84 bits per heavy atom. The van der Waals surface area contributed by atoms with E-state index in [-0.39, 0.29) is 18.4 Å². The van der Waals surface area contributed by atoms with Gasteiger partial charge >= 0.3 is 0 Å². The van der Waals surface area contributed by atoms with E-state index in [4.69, 9.17) is 5.11 Å². The Balaban J connectivity index is 1.90. The summed E-state index contributed by atoms with van der Waals surface area (Å²) in [5.74, 6) is 0.109. The van der Waals surface area contributed by atoms with E-state index < -0.39 is 0 Å². The number of anilines is 1. The van der Waals surface area contributed by atoms with Gasteiger partial charge in [-0.2, -0.15) is 5.10 Å². The molecule has 0 aliphatic carbocycles. The fourth-order valence-corrected chi connectivity index (χ4v) is 2.38. The molecule has 2 aromatic rings. The number of amides is 1. The predicted molar refractivity (Wildman–Crippen MR) is 71.1 cm³/mol. The molecule has 0 bridgehead atoms. The maximum Gasteiger partial charge on any atom is 0.227 e. The number of hydrogen-bond acceptors (Lipinski definition) is 3. The summed E-state index contributed by atoms with van der Waals surface area (Å²) in [6.45, 7) is 0.638. The van der Waals surface area contributed by atoms with Gasteiger partial charge in [-0.15, -0.1) is 0 Å². The van der Waals surface area contributed by atoms with Crippen LogP contribution in [0.1, 0.15) is 6.42 Å². The first kappa shape index (κ1) is 11.9. The SMILES string of the molecule is O=C1CC(CO)CN1c1cccc(-n2cccn2)c1. The molecule has 1 fully saturated rings. The average molecular weight is 257 g/mol. The highest BCUT2D eigenvalue weighted by atomic mass is 16.3. The minimum Gasteiger partial charge on any atom is -0.396 e. The molecule has 5 nitrogen and oxygen atoms in total. The second-order valence-electron chi connectivity index (χ2n) is 4.73. The standard InChI is InChI=1S/C14H15N3O2/c18-10-11-7-14(19)16(9-11)12-3-1-4-13(8-12)17-6-2-5-15-17/h1-6,8,11,18H,7,9-10H2. The van der Waals surface area contributed by atoms with E-state index in [1.165, 1.54) is 0 Å². The second-order valence-corrected chi connectivity index (χ2v) is 4.73. The number of nitrogens with zero attached hydrogens (tertiary/aromatic N) is 3. The van der Waals surface area contributed by atoms with Crippen molar-refractivity contribution in [3.05, 3.63) is 42.7 Å². The van der Waals surface area contributed by atoms with Crippen LogP contribution in [0.3, 0.4) is 0 Å². The molecule has 0 spiro atoms. The van der Waals surface area contributed by atoms with Crippen LogP contribution in [0, 0.1) is 5.92 Å². The zero-order chi connectivity index (χ0) is 13.2. The molecule has 1 aliphatic rings. The largest absolute Gasteiger partial charge is 0.396 e. The molecule has 1 amide bonds. The fraction of sp³-hybridized carbons (Fsp3) is 0.286. The molecular formula is C14H15N3O2. The Labute approximate surface area is 111 Å². The summed E-state index contributed by atoms with van der Waals surface area (Å²) in [5.41, 5.74) is 1.77. The number of rotatable bonds is 3. The highest BCUT2D eigenvalue weighted by molar-refractivity contribution is 5.95. The minimum absolute atomic E-state index is 0.0425. The molecule has 2 heterocycles. The normalized spacial score (nSPS) is 19.1. The Kier molecular flexibility index (Phi) is 3.05. The third kappa shape index (κ3) is 2.24. The lowest BCUT2D eigenvalue weighted by Gasteiger charge is -2.17. The Bertz CT molecular complexity index is 580. The summed E-state index contributed by atoms with van der Waals surface area (Å²) in [6, 6.07) is 9.55.